The molecule has 0 atom stereocenters. The number of imidazole rings is 1. The van der Waals surface area contributed by atoms with Crippen LogP contribution >= 0.6 is 0 Å². The molecule has 3 aromatic rings. The number of unbranched alkanes of at least 4 members (excludes halogenated alkanes) is 1. The number of hydrogen-bond acceptors (Lipinski definition) is 4. The number of nitrogens with one attached hydrogen (secondary N) is 1. The fraction of sp³-hybridized carbons (Fsp3) is 0.269. The van der Waals surface area contributed by atoms with E-state index in [1.54, 1.807) is 12.1 Å². The van der Waals surface area contributed by atoms with Gasteiger partial charge in [0.15, 0.2) is 0 Å². The average Bonchev–Trinajstić information content (AvgIpc) is 3.33. The van der Waals surface area contributed by atoms with Gasteiger partial charge in [-0.2, -0.15) is 0 Å². The van der Waals surface area contributed by atoms with E-state index in [2.05, 4.69) is 21.8 Å². The monoisotopic (exact) mass is 429 g/mol. The number of rotatable bonds is 7. The Balaban J connectivity index is 1.71. The van der Waals surface area contributed by atoms with Crippen LogP contribution in [0.5, 0.6) is 0 Å². The molecule has 6 heteroatoms. The smallest absolute Gasteiger partial charge is 0.337 e. The minimum Gasteiger partial charge on any atom is -0.465 e. The van der Waals surface area contributed by atoms with E-state index in [1.165, 1.54) is 7.11 Å². The van der Waals surface area contributed by atoms with E-state index in [-0.39, 0.29) is 11.9 Å². The summed E-state index contributed by atoms with van der Waals surface area (Å²) in [6.07, 6.45) is 6.73. The van der Waals surface area contributed by atoms with Crippen LogP contribution in [-0.2, 0) is 22.5 Å². The number of para-hydroxylation sites is 1. The van der Waals surface area contributed by atoms with Crippen LogP contribution in [0, 0.1) is 6.92 Å². The van der Waals surface area contributed by atoms with Gasteiger partial charge in [-0.3, -0.25) is 4.79 Å². The van der Waals surface area contributed by atoms with Gasteiger partial charge in [-0.25, -0.2) is 9.78 Å². The summed E-state index contributed by atoms with van der Waals surface area (Å²) < 4.78 is 6.94. The number of aromatic nitrogens is 2. The van der Waals surface area contributed by atoms with E-state index in [0.717, 1.165) is 53.2 Å². The van der Waals surface area contributed by atoms with Crippen molar-refractivity contribution in [2.75, 3.05) is 12.4 Å². The lowest BCUT2D eigenvalue weighted by atomic mass is 10.0. The van der Waals surface area contributed by atoms with Crippen molar-refractivity contribution in [1.82, 2.24) is 9.55 Å². The third-order valence-corrected chi connectivity index (χ3v) is 5.78. The maximum atomic E-state index is 12.7. The summed E-state index contributed by atoms with van der Waals surface area (Å²) in [4.78, 5) is 29.1. The van der Waals surface area contributed by atoms with Gasteiger partial charge in [0, 0.05) is 18.5 Å². The van der Waals surface area contributed by atoms with Gasteiger partial charge in [-0.15, -0.1) is 0 Å². The quantitative estimate of drug-likeness (QED) is 0.430. The summed E-state index contributed by atoms with van der Waals surface area (Å²) in [6, 6.07) is 13.3. The number of anilines is 1. The Hall–Kier alpha value is -3.67. The molecule has 6 nitrogen and oxygen atoms in total. The van der Waals surface area contributed by atoms with Crippen molar-refractivity contribution < 1.29 is 14.3 Å². The second kappa shape index (κ2) is 9.22. The third kappa shape index (κ3) is 4.21. The van der Waals surface area contributed by atoms with Crippen LogP contribution in [0.3, 0.4) is 0 Å². The molecule has 0 unspecified atom stereocenters. The van der Waals surface area contributed by atoms with Gasteiger partial charge in [0.05, 0.1) is 35.8 Å². The molecule has 0 spiro atoms. The first-order valence-corrected chi connectivity index (χ1v) is 10.9. The molecule has 1 aromatic heterocycles. The Kier molecular flexibility index (Phi) is 6.21. The van der Waals surface area contributed by atoms with E-state index in [9.17, 15) is 9.59 Å². The standard InChI is InChI=1S/C26H27N3O3/c1-4-5-9-23-27-15-20(14-22-21-8-6-7-17(2)24(21)28-25(22)30)29(23)16-18-10-12-19(13-11-18)26(31)32-3/h6-8,10-15H,4-5,9,16H2,1-3H3,(H,28,30)/b22-14-. The van der Waals surface area contributed by atoms with Crippen LogP contribution in [0.15, 0.2) is 48.7 Å². The SMILES string of the molecule is CCCCc1ncc(/C=C2\C(=O)Nc3c(C)cccc32)n1Cc1ccc(C(=O)OC)cc1. The van der Waals surface area contributed by atoms with E-state index in [1.807, 2.05) is 49.5 Å². The first-order valence-electron chi connectivity index (χ1n) is 10.9. The molecular formula is C26H27N3O3. The summed E-state index contributed by atoms with van der Waals surface area (Å²) >= 11 is 0. The predicted octanol–water partition coefficient (Wildman–Crippen LogP) is 4.86. The predicted molar refractivity (Wildman–Crippen MR) is 125 cm³/mol. The van der Waals surface area contributed by atoms with Crippen molar-refractivity contribution in [2.45, 2.75) is 39.7 Å². The highest BCUT2D eigenvalue weighted by Crippen LogP contribution is 2.35. The summed E-state index contributed by atoms with van der Waals surface area (Å²) in [6.45, 7) is 4.75. The van der Waals surface area contributed by atoms with Gasteiger partial charge in [0.1, 0.15) is 5.82 Å². The third-order valence-electron chi connectivity index (χ3n) is 5.78. The lowest BCUT2D eigenvalue weighted by molar-refractivity contribution is -0.110. The molecule has 0 saturated carbocycles. The van der Waals surface area contributed by atoms with Gasteiger partial charge in [-0.05, 0) is 42.7 Å². The zero-order valence-corrected chi connectivity index (χ0v) is 18.6. The lowest BCUT2D eigenvalue weighted by Crippen LogP contribution is -2.09. The first-order chi connectivity index (χ1) is 15.5. The average molecular weight is 430 g/mol. The zero-order valence-electron chi connectivity index (χ0n) is 18.6. The van der Waals surface area contributed by atoms with Crippen LogP contribution in [0.4, 0.5) is 5.69 Å². The van der Waals surface area contributed by atoms with Crippen molar-refractivity contribution in [3.8, 4) is 0 Å². The highest BCUT2D eigenvalue weighted by Gasteiger charge is 2.25. The number of hydrogen-bond donors (Lipinski definition) is 1. The van der Waals surface area contributed by atoms with Crippen molar-refractivity contribution in [1.29, 1.82) is 0 Å². The molecule has 1 aliphatic heterocycles. The minimum atomic E-state index is -0.352. The maximum absolute atomic E-state index is 12.7. The van der Waals surface area contributed by atoms with E-state index in [0.29, 0.717) is 17.7 Å². The van der Waals surface area contributed by atoms with Gasteiger partial charge in [0.2, 0.25) is 0 Å². The van der Waals surface area contributed by atoms with Gasteiger partial charge in [0.25, 0.3) is 5.91 Å². The molecule has 0 saturated heterocycles. The Labute approximate surface area is 187 Å². The molecule has 1 N–H and O–H groups in total. The molecular weight excluding hydrogens is 402 g/mol. The maximum Gasteiger partial charge on any atom is 0.337 e. The minimum absolute atomic E-state index is 0.0976. The molecule has 1 aliphatic rings. The van der Waals surface area contributed by atoms with Crippen LogP contribution in [0.25, 0.3) is 11.6 Å². The van der Waals surface area contributed by atoms with Crippen molar-refractivity contribution in [3.05, 3.63) is 82.4 Å². The number of aryl methyl sites for hydroxylation is 2. The molecule has 4 rings (SSSR count). The molecule has 0 fully saturated rings. The second-order valence-electron chi connectivity index (χ2n) is 7.99. The van der Waals surface area contributed by atoms with Gasteiger partial charge >= 0.3 is 5.97 Å². The fourth-order valence-electron chi connectivity index (χ4n) is 3.96. The van der Waals surface area contributed by atoms with Crippen LogP contribution in [0.2, 0.25) is 0 Å². The molecule has 2 heterocycles. The molecule has 0 aliphatic carbocycles. The Morgan fingerprint density at radius 3 is 2.69 bits per heavy atom. The van der Waals surface area contributed by atoms with Crippen LogP contribution in [-0.4, -0.2) is 28.5 Å². The lowest BCUT2D eigenvalue weighted by Gasteiger charge is -2.12. The van der Waals surface area contributed by atoms with E-state index < -0.39 is 0 Å². The number of amides is 1. The molecule has 2 aromatic carbocycles. The van der Waals surface area contributed by atoms with Crippen LogP contribution in [0.1, 0.15) is 58.3 Å². The van der Waals surface area contributed by atoms with Crippen molar-refractivity contribution in [3.63, 3.8) is 0 Å². The second-order valence-corrected chi connectivity index (χ2v) is 7.99. The largest absolute Gasteiger partial charge is 0.465 e. The van der Waals surface area contributed by atoms with Gasteiger partial charge < -0.3 is 14.6 Å². The summed E-state index contributed by atoms with van der Waals surface area (Å²) in [5, 5.41) is 2.99. The summed E-state index contributed by atoms with van der Waals surface area (Å²) in [7, 11) is 1.38. The zero-order chi connectivity index (χ0) is 22.7. The normalized spacial score (nSPS) is 13.8. The highest BCUT2D eigenvalue weighted by molar-refractivity contribution is 6.35. The summed E-state index contributed by atoms with van der Waals surface area (Å²) in [5.74, 6) is 0.535. The topological polar surface area (TPSA) is 73.2 Å². The molecule has 1 amide bonds. The number of carbonyl (C=O) groups excluding carboxylic acids is 2. The number of benzene rings is 2. The van der Waals surface area contributed by atoms with Crippen molar-refractivity contribution in [2.24, 2.45) is 0 Å². The molecule has 0 bridgehead atoms. The Bertz CT molecular complexity index is 1190. The number of fused-ring (bicyclic) bond motifs is 1. The number of nitrogens with zero attached hydrogens (tertiary/aromatic N) is 2. The number of ether oxygens (including phenoxy) is 1. The number of carbonyl (C=O) groups is 2. The van der Waals surface area contributed by atoms with Gasteiger partial charge in [-0.1, -0.05) is 43.7 Å². The van der Waals surface area contributed by atoms with Crippen LogP contribution < -0.4 is 5.32 Å². The number of methoxy groups -OCH3 is 1. The van der Waals surface area contributed by atoms with E-state index >= 15 is 0 Å². The molecule has 0 radical (unpaired) electrons. The Morgan fingerprint density at radius 1 is 1.19 bits per heavy atom. The highest BCUT2D eigenvalue weighted by atomic mass is 16.5. The fourth-order valence-corrected chi connectivity index (χ4v) is 3.96. The number of esters is 1. The first kappa shape index (κ1) is 21.6. The van der Waals surface area contributed by atoms with Crippen molar-refractivity contribution >= 4 is 29.2 Å². The summed E-state index contributed by atoms with van der Waals surface area (Å²) in [5.41, 5.74) is 5.92. The Morgan fingerprint density at radius 2 is 1.97 bits per heavy atom. The molecule has 32 heavy (non-hydrogen) atoms. The van der Waals surface area contributed by atoms with E-state index in [4.69, 9.17) is 4.74 Å². The molecule has 164 valence electrons.